The van der Waals surface area contributed by atoms with Crippen LogP contribution in [0, 0.1) is 12.8 Å². The number of benzene rings is 1. The predicted octanol–water partition coefficient (Wildman–Crippen LogP) is 3.46. The summed E-state index contributed by atoms with van der Waals surface area (Å²) >= 11 is 1.41. The fourth-order valence-corrected chi connectivity index (χ4v) is 2.52. The molecule has 1 atom stereocenters. The lowest BCUT2D eigenvalue weighted by Gasteiger charge is -2.13. The maximum Gasteiger partial charge on any atom is 0.243 e. The number of nitrogens with two attached hydrogens (primary N) is 1. The van der Waals surface area contributed by atoms with E-state index >= 15 is 0 Å². The Morgan fingerprint density at radius 2 is 2.00 bits per heavy atom. The zero-order valence-corrected chi connectivity index (χ0v) is 13.9. The van der Waals surface area contributed by atoms with E-state index in [1.807, 2.05) is 50.4 Å². The fourth-order valence-electron chi connectivity index (χ4n) is 1.81. The highest BCUT2D eigenvalue weighted by Gasteiger charge is 2.18. The van der Waals surface area contributed by atoms with Gasteiger partial charge in [0.1, 0.15) is 0 Å². The van der Waals surface area contributed by atoms with Crippen molar-refractivity contribution in [1.29, 1.82) is 0 Å². The molecule has 0 unspecified atom stereocenters. The molecule has 1 aromatic carbocycles. The van der Waals surface area contributed by atoms with Crippen LogP contribution in [0.2, 0.25) is 0 Å². The van der Waals surface area contributed by atoms with Gasteiger partial charge in [0.25, 0.3) is 0 Å². The first-order valence-electron chi connectivity index (χ1n) is 6.57. The van der Waals surface area contributed by atoms with Crippen LogP contribution < -0.4 is 11.1 Å². The minimum atomic E-state index is -0.513. The highest BCUT2D eigenvalue weighted by atomic mass is 35.5. The number of carbonyl (C=O) groups excluding carboxylic acids is 1. The lowest BCUT2D eigenvalue weighted by molar-refractivity contribution is -0.118. The van der Waals surface area contributed by atoms with Crippen LogP contribution in [0.5, 0.6) is 0 Å². The number of halogens is 1. The predicted molar refractivity (Wildman–Crippen MR) is 91.0 cm³/mol. The van der Waals surface area contributed by atoms with E-state index in [1.54, 1.807) is 0 Å². The Balaban J connectivity index is 0.00000220. The van der Waals surface area contributed by atoms with Crippen LogP contribution in [0.4, 0.5) is 5.13 Å². The topological polar surface area (TPSA) is 68.0 Å². The van der Waals surface area contributed by atoms with Crippen molar-refractivity contribution < 1.29 is 4.79 Å². The second kappa shape index (κ2) is 7.54. The van der Waals surface area contributed by atoms with Gasteiger partial charge in [0.15, 0.2) is 5.13 Å². The SMILES string of the molecule is Cc1ccccc1-c1csc(NC(=O)[C@@H](N)C(C)C)n1.Cl. The molecule has 0 fully saturated rings. The van der Waals surface area contributed by atoms with Gasteiger partial charge in [-0.1, -0.05) is 38.1 Å². The van der Waals surface area contributed by atoms with Crippen LogP contribution in [0.1, 0.15) is 19.4 Å². The van der Waals surface area contributed by atoms with Crippen LogP contribution >= 0.6 is 23.7 Å². The molecule has 0 bridgehead atoms. The molecule has 2 rings (SSSR count). The van der Waals surface area contributed by atoms with Gasteiger partial charge in [-0.3, -0.25) is 4.79 Å². The van der Waals surface area contributed by atoms with E-state index in [4.69, 9.17) is 5.73 Å². The Kier molecular flexibility index (Phi) is 6.33. The first-order chi connectivity index (χ1) is 9.49. The molecule has 0 saturated carbocycles. The molecular formula is C15H20ClN3OS. The van der Waals surface area contributed by atoms with Crippen molar-refractivity contribution in [2.75, 3.05) is 5.32 Å². The number of hydrogen-bond acceptors (Lipinski definition) is 4. The Morgan fingerprint density at radius 1 is 1.33 bits per heavy atom. The zero-order valence-electron chi connectivity index (χ0n) is 12.3. The van der Waals surface area contributed by atoms with Crippen molar-refractivity contribution in [3.05, 3.63) is 35.2 Å². The van der Waals surface area contributed by atoms with Gasteiger partial charge < -0.3 is 11.1 Å². The molecule has 4 nitrogen and oxygen atoms in total. The molecule has 3 N–H and O–H groups in total. The first-order valence-corrected chi connectivity index (χ1v) is 7.45. The zero-order chi connectivity index (χ0) is 14.7. The van der Waals surface area contributed by atoms with Gasteiger partial charge in [0, 0.05) is 10.9 Å². The number of aromatic nitrogens is 1. The lowest BCUT2D eigenvalue weighted by Crippen LogP contribution is -2.39. The Hall–Kier alpha value is -1.43. The van der Waals surface area contributed by atoms with E-state index in [2.05, 4.69) is 10.3 Å². The van der Waals surface area contributed by atoms with E-state index < -0.39 is 6.04 Å². The molecule has 0 aliphatic carbocycles. The summed E-state index contributed by atoms with van der Waals surface area (Å²) in [4.78, 5) is 16.4. The normalized spacial score (nSPS) is 11.9. The average Bonchev–Trinajstić information content (AvgIpc) is 2.86. The number of nitrogens with one attached hydrogen (secondary N) is 1. The van der Waals surface area contributed by atoms with Crippen LogP contribution in [0.15, 0.2) is 29.6 Å². The van der Waals surface area contributed by atoms with E-state index in [1.165, 1.54) is 11.3 Å². The highest BCUT2D eigenvalue weighted by Crippen LogP contribution is 2.27. The molecule has 0 spiro atoms. The number of hydrogen-bond donors (Lipinski definition) is 2. The molecule has 114 valence electrons. The minimum Gasteiger partial charge on any atom is -0.320 e. The summed E-state index contributed by atoms with van der Waals surface area (Å²) in [5, 5.41) is 5.31. The summed E-state index contributed by atoms with van der Waals surface area (Å²) in [6.45, 7) is 5.89. The van der Waals surface area contributed by atoms with Crippen molar-refractivity contribution in [2.24, 2.45) is 11.7 Å². The molecule has 0 saturated heterocycles. The lowest BCUT2D eigenvalue weighted by atomic mass is 10.1. The Bertz CT molecular complexity index is 612. The molecular weight excluding hydrogens is 306 g/mol. The van der Waals surface area contributed by atoms with Gasteiger partial charge in [-0.2, -0.15) is 0 Å². The molecule has 1 amide bonds. The quantitative estimate of drug-likeness (QED) is 0.904. The van der Waals surface area contributed by atoms with Crippen LogP contribution in [-0.2, 0) is 4.79 Å². The van der Waals surface area contributed by atoms with E-state index in [0.717, 1.165) is 16.8 Å². The third-order valence-electron chi connectivity index (χ3n) is 3.18. The van der Waals surface area contributed by atoms with Crippen molar-refractivity contribution in [3.8, 4) is 11.3 Å². The van der Waals surface area contributed by atoms with Crippen molar-refractivity contribution in [1.82, 2.24) is 4.98 Å². The van der Waals surface area contributed by atoms with Crippen molar-refractivity contribution >= 4 is 34.8 Å². The number of amides is 1. The third kappa shape index (κ3) is 4.27. The summed E-state index contributed by atoms with van der Waals surface area (Å²) in [5.41, 5.74) is 8.93. The maximum absolute atomic E-state index is 11.9. The molecule has 0 radical (unpaired) electrons. The number of rotatable bonds is 4. The number of anilines is 1. The van der Waals surface area contributed by atoms with Crippen LogP contribution in [-0.4, -0.2) is 16.9 Å². The summed E-state index contributed by atoms with van der Waals surface area (Å²) in [6, 6.07) is 7.53. The van der Waals surface area contributed by atoms with Crippen LogP contribution in [0.25, 0.3) is 11.3 Å². The van der Waals surface area contributed by atoms with Gasteiger partial charge in [0.05, 0.1) is 11.7 Å². The van der Waals surface area contributed by atoms with Gasteiger partial charge in [0.2, 0.25) is 5.91 Å². The van der Waals surface area contributed by atoms with Crippen molar-refractivity contribution in [2.45, 2.75) is 26.8 Å². The number of nitrogens with zero attached hydrogens (tertiary/aromatic N) is 1. The standard InChI is InChI=1S/C15H19N3OS.ClH/c1-9(2)13(16)14(19)18-15-17-12(8-20-15)11-7-5-4-6-10(11)3;/h4-9,13H,16H2,1-3H3,(H,17,18,19);1H/t13-;/m0./s1. The molecule has 0 aliphatic heterocycles. The summed E-state index contributed by atoms with van der Waals surface area (Å²) in [5.74, 6) is -0.0866. The van der Waals surface area contributed by atoms with Gasteiger partial charge >= 0.3 is 0 Å². The maximum atomic E-state index is 11.9. The highest BCUT2D eigenvalue weighted by molar-refractivity contribution is 7.14. The second-order valence-corrected chi connectivity index (χ2v) is 5.97. The number of aryl methyl sites for hydroxylation is 1. The summed E-state index contributed by atoms with van der Waals surface area (Å²) in [7, 11) is 0. The fraction of sp³-hybridized carbons (Fsp3) is 0.333. The Morgan fingerprint density at radius 3 is 2.62 bits per heavy atom. The number of carbonyl (C=O) groups is 1. The average molecular weight is 326 g/mol. The van der Waals surface area contributed by atoms with E-state index in [9.17, 15) is 4.79 Å². The second-order valence-electron chi connectivity index (χ2n) is 5.11. The smallest absolute Gasteiger partial charge is 0.243 e. The minimum absolute atomic E-state index is 0. The molecule has 1 aromatic heterocycles. The van der Waals surface area contributed by atoms with E-state index in [0.29, 0.717) is 5.13 Å². The van der Waals surface area contributed by atoms with Gasteiger partial charge in [-0.05, 0) is 18.4 Å². The third-order valence-corrected chi connectivity index (χ3v) is 3.93. The molecule has 6 heteroatoms. The first kappa shape index (κ1) is 17.6. The molecule has 2 aromatic rings. The van der Waals surface area contributed by atoms with Crippen LogP contribution in [0.3, 0.4) is 0 Å². The summed E-state index contributed by atoms with van der Waals surface area (Å²) in [6.07, 6.45) is 0. The molecule has 1 heterocycles. The molecule has 21 heavy (non-hydrogen) atoms. The monoisotopic (exact) mass is 325 g/mol. The number of thiazole rings is 1. The van der Waals surface area contributed by atoms with E-state index in [-0.39, 0.29) is 24.2 Å². The van der Waals surface area contributed by atoms with Crippen molar-refractivity contribution in [3.63, 3.8) is 0 Å². The molecule has 0 aliphatic rings. The Labute approximate surface area is 135 Å². The van der Waals surface area contributed by atoms with Gasteiger partial charge in [-0.25, -0.2) is 4.98 Å². The van der Waals surface area contributed by atoms with Gasteiger partial charge in [-0.15, -0.1) is 23.7 Å². The summed E-state index contributed by atoms with van der Waals surface area (Å²) < 4.78 is 0. The largest absolute Gasteiger partial charge is 0.320 e.